The summed E-state index contributed by atoms with van der Waals surface area (Å²) in [6.45, 7) is 7.92. The molecule has 1 unspecified atom stereocenters. The van der Waals surface area contributed by atoms with Crippen molar-refractivity contribution in [3.63, 3.8) is 0 Å². The van der Waals surface area contributed by atoms with Crippen LogP contribution in [0.25, 0.3) is 5.69 Å². The zero-order valence-electron chi connectivity index (χ0n) is 15.3. The number of piperazine rings is 1. The number of rotatable bonds is 4. The van der Waals surface area contributed by atoms with Gasteiger partial charge >= 0.3 is 0 Å². The van der Waals surface area contributed by atoms with E-state index in [1.807, 2.05) is 42.2 Å². The van der Waals surface area contributed by atoms with E-state index in [1.165, 1.54) is 0 Å². The third-order valence-corrected chi connectivity index (χ3v) is 5.49. The molecule has 2 fully saturated rings. The average molecular weight is 354 g/mol. The Bertz CT molecular complexity index is 753. The van der Waals surface area contributed by atoms with Crippen LogP contribution < -0.4 is 5.32 Å². The maximum absolute atomic E-state index is 12.8. The number of benzene rings is 1. The summed E-state index contributed by atoms with van der Waals surface area (Å²) in [5.74, 6) is 0.158. The van der Waals surface area contributed by atoms with Crippen LogP contribution in [0.15, 0.2) is 30.3 Å². The third-order valence-electron chi connectivity index (χ3n) is 5.49. The summed E-state index contributed by atoms with van der Waals surface area (Å²) in [5.41, 5.74) is 2.67. The van der Waals surface area contributed by atoms with E-state index in [1.54, 1.807) is 4.68 Å². The minimum absolute atomic E-state index is 0.158. The van der Waals surface area contributed by atoms with Crippen LogP contribution in [0.4, 0.5) is 0 Å². The summed E-state index contributed by atoms with van der Waals surface area (Å²) < 4.78 is 1.80. The Labute approximate surface area is 154 Å². The summed E-state index contributed by atoms with van der Waals surface area (Å²) in [6, 6.07) is 10.4. The van der Waals surface area contributed by atoms with Crippen LogP contribution in [0.3, 0.4) is 0 Å². The van der Waals surface area contributed by atoms with E-state index < -0.39 is 0 Å². The molecule has 7 nitrogen and oxygen atoms in total. The second-order valence-electron chi connectivity index (χ2n) is 7.11. The first-order chi connectivity index (χ1) is 12.7. The molecule has 2 saturated heterocycles. The molecule has 2 aliphatic rings. The molecule has 0 aliphatic carbocycles. The van der Waals surface area contributed by atoms with Crippen molar-refractivity contribution < 1.29 is 4.79 Å². The maximum atomic E-state index is 12.8. The molecule has 4 rings (SSSR count). The van der Waals surface area contributed by atoms with Crippen molar-refractivity contribution in [3.8, 4) is 5.69 Å². The average Bonchev–Trinajstić information content (AvgIpc) is 3.31. The summed E-state index contributed by atoms with van der Waals surface area (Å²) in [4.78, 5) is 17.3. The fourth-order valence-electron chi connectivity index (χ4n) is 3.91. The van der Waals surface area contributed by atoms with Crippen LogP contribution in [0.1, 0.15) is 17.8 Å². The molecule has 0 radical (unpaired) electrons. The van der Waals surface area contributed by atoms with Gasteiger partial charge in [0.05, 0.1) is 23.5 Å². The lowest BCUT2D eigenvalue weighted by atomic mass is 10.2. The Morgan fingerprint density at radius 2 is 1.96 bits per heavy atom. The Morgan fingerprint density at radius 3 is 2.73 bits per heavy atom. The zero-order chi connectivity index (χ0) is 17.9. The summed E-state index contributed by atoms with van der Waals surface area (Å²) in [7, 11) is 0. The molecular formula is C19H26N6O. The van der Waals surface area contributed by atoms with Gasteiger partial charge in [-0.1, -0.05) is 23.4 Å². The van der Waals surface area contributed by atoms with E-state index in [4.69, 9.17) is 0 Å². The lowest BCUT2D eigenvalue weighted by molar-refractivity contribution is -0.129. The number of aromatic nitrogens is 3. The van der Waals surface area contributed by atoms with Crippen molar-refractivity contribution in [2.75, 3.05) is 39.3 Å². The van der Waals surface area contributed by atoms with E-state index in [-0.39, 0.29) is 5.91 Å². The van der Waals surface area contributed by atoms with Gasteiger partial charge in [-0.15, -0.1) is 5.10 Å². The number of carbonyl (C=O) groups is 1. The number of likely N-dealkylation sites (tertiary alicyclic amines) is 1. The van der Waals surface area contributed by atoms with E-state index in [0.29, 0.717) is 12.5 Å². The Kier molecular flexibility index (Phi) is 4.99. The fraction of sp³-hybridized carbons (Fsp3) is 0.526. The van der Waals surface area contributed by atoms with E-state index >= 15 is 0 Å². The highest BCUT2D eigenvalue weighted by Crippen LogP contribution is 2.18. The van der Waals surface area contributed by atoms with Gasteiger partial charge in [0, 0.05) is 45.3 Å². The van der Waals surface area contributed by atoms with Crippen LogP contribution in [-0.2, 0) is 11.2 Å². The van der Waals surface area contributed by atoms with Crippen molar-refractivity contribution in [1.29, 1.82) is 0 Å². The molecule has 1 N–H and O–H groups in total. The Morgan fingerprint density at radius 1 is 1.19 bits per heavy atom. The van der Waals surface area contributed by atoms with Crippen LogP contribution >= 0.6 is 0 Å². The summed E-state index contributed by atoms with van der Waals surface area (Å²) in [5, 5.41) is 11.9. The van der Waals surface area contributed by atoms with Crippen molar-refractivity contribution in [3.05, 3.63) is 41.7 Å². The first-order valence-electron chi connectivity index (χ1n) is 9.41. The number of nitrogens with one attached hydrogen (secondary N) is 1. The predicted octanol–water partition coefficient (Wildman–Crippen LogP) is 0.624. The number of carbonyl (C=O) groups excluding carboxylic acids is 1. The second kappa shape index (κ2) is 7.55. The molecule has 1 atom stereocenters. The summed E-state index contributed by atoms with van der Waals surface area (Å²) >= 11 is 0. The van der Waals surface area contributed by atoms with Crippen LogP contribution in [0.5, 0.6) is 0 Å². The number of nitrogens with zero attached hydrogens (tertiary/aromatic N) is 5. The standard InChI is InChI=1S/C19H26N6O/c1-15-18(21-22-25(15)16-5-3-2-4-6-16)13-19(26)24-10-7-17(14-24)23-11-8-20-9-12-23/h2-6,17,20H,7-14H2,1H3. The molecule has 3 heterocycles. The van der Waals surface area contributed by atoms with Crippen molar-refractivity contribution in [2.24, 2.45) is 0 Å². The highest BCUT2D eigenvalue weighted by atomic mass is 16.2. The molecule has 138 valence electrons. The van der Waals surface area contributed by atoms with Gasteiger partial charge in [0.2, 0.25) is 5.91 Å². The van der Waals surface area contributed by atoms with E-state index in [0.717, 1.165) is 62.8 Å². The fourth-order valence-corrected chi connectivity index (χ4v) is 3.91. The molecule has 2 aliphatic heterocycles. The van der Waals surface area contributed by atoms with Crippen LogP contribution in [-0.4, -0.2) is 76.0 Å². The van der Waals surface area contributed by atoms with E-state index in [9.17, 15) is 4.79 Å². The van der Waals surface area contributed by atoms with Gasteiger partial charge < -0.3 is 10.2 Å². The SMILES string of the molecule is Cc1c(CC(=O)N2CCC(N3CCNCC3)C2)nnn1-c1ccccc1. The first kappa shape index (κ1) is 17.2. The Hall–Kier alpha value is -2.25. The Balaban J connectivity index is 1.39. The van der Waals surface area contributed by atoms with Gasteiger partial charge in [-0.05, 0) is 25.5 Å². The number of hydrogen-bond acceptors (Lipinski definition) is 5. The molecule has 1 aromatic carbocycles. The minimum Gasteiger partial charge on any atom is -0.341 e. The molecule has 0 saturated carbocycles. The summed E-state index contributed by atoms with van der Waals surface area (Å²) in [6.07, 6.45) is 1.40. The number of amides is 1. The third kappa shape index (κ3) is 3.50. The maximum Gasteiger partial charge on any atom is 0.228 e. The number of para-hydroxylation sites is 1. The minimum atomic E-state index is 0.158. The van der Waals surface area contributed by atoms with Gasteiger partial charge in [-0.25, -0.2) is 4.68 Å². The molecule has 1 aromatic heterocycles. The smallest absolute Gasteiger partial charge is 0.228 e. The van der Waals surface area contributed by atoms with Crippen LogP contribution in [0, 0.1) is 6.92 Å². The highest BCUT2D eigenvalue weighted by molar-refractivity contribution is 5.79. The molecule has 0 bridgehead atoms. The van der Waals surface area contributed by atoms with Gasteiger partial charge in [0.1, 0.15) is 0 Å². The van der Waals surface area contributed by atoms with Crippen molar-refractivity contribution >= 4 is 5.91 Å². The normalized spacial score (nSPS) is 21.3. The predicted molar refractivity (Wildman–Crippen MR) is 99.2 cm³/mol. The largest absolute Gasteiger partial charge is 0.341 e. The second-order valence-corrected chi connectivity index (χ2v) is 7.11. The topological polar surface area (TPSA) is 66.3 Å². The van der Waals surface area contributed by atoms with Crippen molar-refractivity contribution in [1.82, 2.24) is 30.1 Å². The molecular weight excluding hydrogens is 328 g/mol. The highest BCUT2D eigenvalue weighted by Gasteiger charge is 2.31. The van der Waals surface area contributed by atoms with Gasteiger partial charge in [0.15, 0.2) is 0 Å². The van der Waals surface area contributed by atoms with Crippen LogP contribution in [0.2, 0.25) is 0 Å². The first-order valence-corrected chi connectivity index (χ1v) is 9.41. The lowest BCUT2D eigenvalue weighted by Crippen LogP contribution is -2.49. The molecule has 26 heavy (non-hydrogen) atoms. The van der Waals surface area contributed by atoms with E-state index in [2.05, 4.69) is 20.5 Å². The van der Waals surface area contributed by atoms with Gasteiger partial charge in [0.25, 0.3) is 0 Å². The molecule has 0 spiro atoms. The zero-order valence-corrected chi connectivity index (χ0v) is 15.3. The quantitative estimate of drug-likeness (QED) is 0.872. The number of hydrogen-bond donors (Lipinski definition) is 1. The van der Waals surface area contributed by atoms with Gasteiger partial charge in [-0.2, -0.15) is 0 Å². The van der Waals surface area contributed by atoms with Crippen molar-refractivity contribution in [2.45, 2.75) is 25.8 Å². The molecule has 1 amide bonds. The molecule has 2 aromatic rings. The monoisotopic (exact) mass is 354 g/mol. The lowest BCUT2D eigenvalue weighted by Gasteiger charge is -2.32. The van der Waals surface area contributed by atoms with Gasteiger partial charge in [-0.3, -0.25) is 9.69 Å². The molecule has 7 heteroatoms.